The third-order valence-corrected chi connectivity index (χ3v) is 6.71. The van der Waals surface area contributed by atoms with Gasteiger partial charge in [0.15, 0.2) is 0 Å². The van der Waals surface area contributed by atoms with Crippen LogP contribution in [0.3, 0.4) is 0 Å². The van der Waals surface area contributed by atoms with Crippen LogP contribution in [0.1, 0.15) is 27.1 Å². The van der Waals surface area contributed by atoms with Crippen molar-refractivity contribution in [2.24, 2.45) is 0 Å². The predicted molar refractivity (Wildman–Crippen MR) is 152 cm³/mol. The molecule has 4 rings (SSSR count). The molecule has 0 unspecified atom stereocenters. The van der Waals surface area contributed by atoms with Gasteiger partial charge in [-0.05, 0) is 61.0 Å². The van der Waals surface area contributed by atoms with Gasteiger partial charge in [-0.25, -0.2) is 0 Å². The molecular formula is C29H33ClN4O4. The Morgan fingerprint density at radius 1 is 0.868 bits per heavy atom. The molecule has 2 amide bonds. The lowest BCUT2D eigenvalue weighted by molar-refractivity contribution is 0.0947. The summed E-state index contributed by atoms with van der Waals surface area (Å²) in [6, 6.07) is 20.1. The lowest BCUT2D eigenvalue weighted by Crippen LogP contribution is -2.47. The molecule has 3 aromatic carbocycles. The minimum atomic E-state index is -0.272. The summed E-state index contributed by atoms with van der Waals surface area (Å²) in [6.07, 6.45) is 0.710. The normalized spacial score (nSPS) is 13.2. The van der Waals surface area contributed by atoms with Crippen molar-refractivity contribution in [1.29, 1.82) is 0 Å². The Bertz CT molecular complexity index is 1240. The van der Waals surface area contributed by atoms with Gasteiger partial charge in [-0.3, -0.25) is 9.59 Å². The molecule has 2 N–H and O–H groups in total. The van der Waals surface area contributed by atoms with Gasteiger partial charge in [0.25, 0.3) is 11.8 Å². The molecule has 9 heteroatoms. The van der Waals surface area contributed by atoms with E-state index < -0.39 is 0 Å². The SMILES string of the molecule is COCCCNC(=O)c1cc(NC(=O)c2ccc(Cl)cc2)ccc1N1CCN(c2ccccc2OC)CC1. The number of rotatable bonds is 10. The highest BCUT2D eigenvalue weighted by Crippen LogP contribution is 2.31. The van der Waals surface area contributed by atoms with Gasteiger partial charge in [0.05, 0.1) is 18.4 Å². The van der Waals surface area contributed by atoms with Crippen molar-refractivity contribution in [2.75, 3.05) is 68.7 Å². The molecule has 1 saturated heterocycles. The number of hydrogen-bond donors (Lipinski definition) is 2. The molecule has 0 saturated carbocycles. The van der Waals surface area contributed by atoms with Crippen LogP contribution in [0, 0.1) is 0 Å². The Morgan fingerprint density at radius 3 is 2.24 bits per heavy atom. The molecule has 0 aliphatic carbocycles. The van der Waals surface area contributed by atoms with Crippen LogP contribution < -0.4 is 25.2 Å². The fourth-order valence-electron chi connectivity index (χ4n) is 4.47. The van der Waals surface area contributed by atoms with Crippen LogP contribution >= 0.6 is 11.6 Å². The molecule has 8 nitrogen and oxygen atoms in total. The van der Waals surface area contributed by atoms with Crippen molar-refractivity contribution in [1.82, 2.24) is 5.32 Å². The molecule has 1 heterocycles. The van der Waals surface area contributed by atoms with Crippen molar-refractivity contribution >= 4 is 40.5 Å². The van der Waals surface area contributed by atoms with Gasteiger partial charge in [-0.2, -0.15) is 0 Å². The maximum atomic E-state index is 13.3. The monoisotopic (exact) mass is 536 g/mol. The third kappa shape index (κ3) is 6.76. The first-order valence-corrected chi connectivity index (χ1v) is 13.0. The summed E-state index contributed by atoms with van der Waals surface area (Å²) in [5.74, 6) is 0.384. The molecule has 200 valence electrons. The number of carbonyl (C=O) groups excluding carboxylic acids is 2. The third-order valence-electron chi connectivity index (χ3n) is 6.46. The number of carbonyl (C=O) groups is 2. The van der Waals surface area contributed by atoms with E-state index in [9.17, 15) is 9.59 Å². The van der Waals surface area contributed by atoms with Gasteiger partial charge in [0.2, 0.25) is 0 Å². The number of anilines is 3. The summed E-state index contributed by atoms with van der Waals surface area (Å²) in [5, 5.41) is 6.44. The maximum absolute atomic E-state index is 13.3. The minimum Gasteiger partial charge on any atom is -0.495 e. The second-order valence-electron chi connectivity index (χ2n) is 8.94. The summed E-state index contributed by atoms with van der Waals surface area (Å²) in [7, 11) is 3.32. The molecule has 0 aromatic heterocycles. The number of para-hydroxylation sites is 2. The van der Waals surface area contributed by atoms with Crippen molar-refractivity contribution in [3.8, 4) is 5.75 Å². The van der Waals surface area contributed by atoms with Crippen LogP contribution in [-0.4, -0.2) is 65.4 Å². The first-order chi connectivity index (χ1) is 18.5. The number of nitrogens with zero attached hydrogens (tertiary/aromatic N) is 2. The van der Waals surface area contributed by atoms with Gasteiger partial charge >= 0.3 is 0 Å². The van der Waals surface area contributed by atoms with Crippen molar-refractivity contribution in [2.45, 2.75) is 6.42 Å². The summed E-state index contributed by atoms with van der Waals surface area (Å²) < 4.78 is 10.6. The quantitative estimate of drug-likeness (QED) is 0.366. The van der Waals surface area contributed by atoms with Crippen LogP contribution in [0.2, 0.25) is 5.02 Å². The number of benzene rings is 3. The van der Waals surface area contributed by atoms with E-state index in [-0.39, 0.29) is 11.8 Å². The molecule has 1 aliphatic rings. The van der Waals surface area contributed by atoms with Crippen molar-refractivity contribution in [3.05, 3.63) is 82.9 Å². The highest BCUT2D eigenvalue weighted by Gasteiger charge is 2.24. The van der Waals surface area contributed by atoms with Crippen LogP contribution in [0.15, 0.2) is 66.7 Å². The standard InChI is InChI=1S/C29H33ClN4O4/c1-37-19-5-14-31-29(36)24-20-23(32-28(35)21-8-10-22(30)11-9-21)12-13-25(24)33-15-17-34(18-16-33)26-6-3-4-7-27(26)38-2/h3-4,6-13,20H,5,14-19H2,1-2H3,(H,31,36)(H,32,35). The van der Waals surface area contributed by atoms with Gasteiger partial charge in [-0.15, -0.1) is 0 Å². The van der Waals surface area contributed by atoms with Crippen molar-refractivity contribution < 1.29 is 19.1 Å². The predicted octanol–water partition coefficient (Wildman–Crippen LogP) is 4.69. The fourth-order valence-corrected chi connectivity index (χ4v) is 4.59. The van der Waals surface area contributed by atoms with Crippen LogP contribution in [0.4, 0.5) is 17.1 Å². The number of piperazine rings is 1. The van der Waals surface area contributed by atoms with E-state index in [2.05, 4.69) is 26.5 Å². The lowest BCUT2D eigenvalue weighted by atomic mass is 10.1. The zero-order valence-corrected chi connectivity index (χ0v) is 22.5. The number of ether oxygens (including phenoxy) is 2. The van der Waals surface area contributed by atoms with E-state index >= 15 is 0 Å². The number of hydrogen-bond acceptors (Lipinski definition) is 6. The topological polar surface area (TPSA) is 83.1 Å². The molecular weight excluding hydrogens is 504 g/mol. The second kappa shape index (κ2) is 13.2. The van der Waals surface area contributed by atoms with Gasteiger partial charge in [0.1, 0.15) is 5.75 Å². The van der Waals surface area contributed by atoms with Gasteiger partial charge in [-0.1, -0.05) is 23.7 Å². The number of nitrogens with one attached hydrogen (secondary N) is 2. The Morgan fingerprint density at radius 2 is 1.55 bits per heavy atom. The van der Waals surface area contributed by atoms with E-state index in [1.165, 1.54) is 0 Å². The molecule has 38 heavy (non-hydrogen) atoms. The molecule has 0 radical (unpaired) electrons. The summed E-state index contributed by atoms with van der Waals surface area (Å²) >= 11 is 5.95. The largest absolute Gasteiger partial charge is 0.495 e. The summed E-state index contributed by atoms with van der Waals surface area (Å²) in [6.45, 7) is 4.09. The first kappa shape index (κ1) is 27.3. The van der Waals surface area contributed by atoms with Crippen LogP contribution in [0.25, 0.3) is 0 Å². The molecule has 0 atom stereocenters. The Hall–Kier alpha value is -3.75. The Balaban J connectivity index is 1.52. The Kier molecular flexibility index (Phi) is 9.46. The maximum Gasteiger partial charge on any atom is 0.255 e. The number of methoxy groups -OCH3 is 2. The van der Waals surface area contributed by atoms with E-state index in [0.717, 1.165) is 43.3 Å². The van der Waals surface area contributed by atoms with Crippen LogP contribution in [-0.2, 0) is 4.74 Å². The second-order valence-corrected chi connectivity index (χ2v) is 9.38. The smallest absolute Gasteiger partial charge is 0.255 e. The van der Waals surface area contributed by atoms with E-state index in [0.29, 0.717) is 41.4 Å². The zero-order valence-electron chi connectivity index (χ0n) is 21.7. The van der Waals surface area contributed by atoms with E-state index in [1.807, 2.05) is 30.3 Å². The average Bonchev–Trinajstić information content (AvgIpc) is 2.95. The van der Waals surface area contributed by atoms with Gasteiger partial charge in [0, 0.05) is 68.4 Å². The zero-order chi connectivity index (χ0) is 26.9. The Labute approximate surface area is 228 Å². The summed E-state index contributed by atoms with van der Waals surface area (Å²) in [4.78, 5) is 30.5. The molecule has 0 bridgehead atoms. The summed E-state index contributed by atoms with van der Waals surface area (Å²) in [5.41, 5.74) is 3.44. The highest BCUT2D eigenvalue weighted by molar-refractivity contribution is 6.30. The van der Waals surface area contributed by atoms with E-state index in [1.54, 1.807) is 44.6 Å². The minimum absolute atomic E-state index is 0.189. The molecule has 1 aliphatic heterocycles. The van der Waals surface area contributed by atoms with E-state index in [4.69, 9.17) is 21.1 Å². The molecule has 1 fully saturated rings. The highest BCUT2D eigenvalue weighted by atomic mass is 35.5. The van der Waals surface area contributed by atoms with Gasteiger partial charge < -0.3 is 29.9 Å². The molecule has 0 spiro atoms. The number of amides is 2. The van der Waals surface area contributed by atoms with Crippen molar-refractivity contribution in [3.63, 3.8) is 0 Å². The lowest BCUT2D eigenvalue weighted by Gasteiger charge is -2.38. The van der Waals surface area contributed by atoms with Crippen LogP contribution in [0.5, 0.6) is 5.75 Å². The number of halogens is 1. The average molecular weight is 537 g/mol. The first-order valence-electron chi connectivity index (χ1n) is 12.6. The fraction of sp³-hybridized carbons (Fsp3) is 0.310. The molecule has 3 aromatic rings.